The zero-order chi connectivity index (χ0) is 50.0. The molecule has 0 aromatic rings. The van der Waals surface area contributed by atoms with Crippen LogP contribution < -0.4 is 0 Å². The van der Waals surface area contributed by atoms with Crippen molar-refractivity contribution in [3.63, 3.8) is 0 Å². The lowest BCUT2D eigenvalue weighted by molar-refractivity contribution is -0.167. The van der Waals surface area contributed by atoms with Gasteiger partial charge in [0.1, 0.15) is 13.2 Å². The molecule has 0 aliphatic rings. The first kappa shape index (κ1) is 64.8. The fraction of sp³-hybridized carbons (Fsp3) is 0.635. The minimum atomic E-state index is -0.812. The van der Waals surface area contributed by atoms with Crippen molar-refractivity contribution in [2.45, 2.75) is 245 Å². The van der Waals surface area contributed by atoms with Crippen LogP contribution in [0.3, 0.4) is 0 Å². The van der Waals surface area contributed by atoms with Crippen LogP contribution in [-0.2, 0) is 28.6 Å². The highest BCUT2D eigenvalue weighted by Crippen LogP contribution is 2.15. The second-order valence-electron chi connectivity index (χ2n) is 18.2. The first-order chi connectivity index (χ1) is 34.0. The normalized spacial score (nSPS) is 13.0. The lowest BCUT2D eigenvalue weighted by Gasteiger charge is -2.18. The maximum atomic E-state index is 12.9. The summed E-state index contributed by atoms with van der Waals surface area (Å²) in [4.78, 5) is 38.1. The smallest absolute Gasteiger partial charge is 0.306 e. The Labute approximate surface area is 424 Å². The summed E-state index contributed by atoms with van der Waals surface area (Å²) in [5.74, 6) is -0.981. The van der Waals surface area contributed by atoms with Crippen LogP contribution in [0.5, 0.6) is 0 Å². The molecule has 0 bridgehead atoms. The lowest BCUT2D eigenvalue weighted by atomic mass is 10.0. The quantitative estimate of drug-likeness (QED) is 0.0199. The lowest BCUT2D eigenvalue weighted by Crippen LogP contribution is -2.30. The van der Waals surface area contributed by atoms with E-state index in [1.807, 2.05) is 48.6 Å². The van der Waals surface area contributed by atoms with Crippen molar-refractivity contribution in [3.05, 3.63) is 122 Å². The molecule has 0 aromatic carbocycles. The van der Waals surface area contributed by atoms with Gasteiger partial charge in [-0.15, -0.1) is 0 Å². The van der Waals surface area contributed by atoms with E-state index in [1.165, 1.54) is 89.9 Å². The minimum Gasteiger partial charge on any atom is -0.462 e. The Bertz CT molecular complexity index is 1470. The van der Waals surface area contributed by atoms with Gasteiger partial charge in [0.25, 0.3) is 0 Å². The molecule has 390 valence electrons. The highest BCUT2D eigenvalue weighted by atomic mass is 16.6. The van der Waals surface area contributed by atoms with Crippen LogP contribution in [0.2, 0.25) is 0 Å². The van der Waals surface area contributed by atoms with Crippen LogP contribution in [0.25, 0.3) is 0 Å². The number of carbonyl (C=O) groups excluding carboxylic acids is 3. The Morgan fingerprint density at radius 3 is 1.06 bits per heavy atom. The van der Waals surface area contributed by atoms with Gasteiger partial charge in [-0.1, -0.05) is 258 Å². The van der Waals surface area contributed by atoms with E-state index in [9.17, 15) is 14.4 Å². The van der Waals surface area contributed by atoms with E-state index in [1.54, 1.807) is 0 Å². The maximum Gasteiger partial charge on any atom is 0.306 e. The molecule has 0 aliphatic heterocycles. The zero-order valence-corrected chi connectivity index (χ0v) is 44.5. The Morgan fingerprint density at radius 2 is 0.638 bits per heavy atom. The molecule has 0 saturated heterocycles. The summed E-state index contributed by atoms with van der Waals surface area (Å²) in [6.07, 6.45) is 77.6. The largest absolute Gasteiger partial charge is 0.462 e. The molecule has 0 amide bonds. The van der Waals surface area contributed by atoms with Crippen LogP contribution >= 0.6 is 0 Å². The fourth-order valence-corrected chi connectivity index (χ4v) is 7.43. The number of ether oxygens (including phenoxy) is 3. The Balaban J connectivity index is 4.51. The van der Waals surface area contributed by atoms with Crippen molar-refractivity contribution in [2.24, 2.45) is 0 Å². The van der Waals surface area contributed by atoms with E-state index < -0.39 is 6.10 Å². The number of carbonyl (C=O) groups is 3. The molecule has 0 aliphatic carbocycles. The van der Waals surface area contributed by atoms with E-state index in [-0.39, 0.29) is 31.1 Å². The summed E-state index contributed by atoms with van der Waals surface area (Å²) in [6.45, 7) is 6.32. The Hall–Kier alpha value is -4.19. The number of unbranched alkanes of at least 4 members (excludes halogenated alkanes) is 22. The number of allylic oxidation sites excluding steroid dienone is 20. The van der Waals surface area contributed by atoms with Crippen LogP contribution in [0, 0.1) is 0 Å². The summed E-state index contributed by atoms with van der Waals surface area (Å²) >= 11 is 0. The van der Waals surface area contributed by atoms with Gasteiger partial charge in [0.05, 0.1) is 0 Å². The summed E-state index contributed by atoms with van der Waals surface area (Å²) < 4.78 is 16.8. The summed E-state index contributed by atoms with van der Waals surface area (Å²) in [5, 5.41) is 0. The summed E-state index contributed by atoms with van der Waals surface area (Å²) in [6, 6.07) is 0. The molecule has 0 aromatic heterocycles. The van der Waals surface area contributed by atoms with Crippen LogP contribution in [-0.4, -0.2) is 37.2 Å². The molecular weight excluding hydrogens is 853 g/mol. The minimum absolute atomic E-state index is 0.111. The van der Waals surface area contributed by atoms with E-state index in [4.69, 9.17) is 14.2 Å². The zero-order valence-electron chi connectivity index (χ0n) is 44.5. The van der Waals surface area contributed by atoms with E-state index in [0.717, 1.165) is 109 Å². The second kappa shape index (κ2) is 56.4. The standard InChI is InChI=1S/C63H102O6/c1-4-7-10-13-16-19-22-25-28-30-31-33-35-38-41-44-47-50-53-56-62(65)68-59-60(58-67-61(64)55-52-49-46-43-40-37-34-27-24-21-18-15-12-9-6-3)69-63(66)57-54-51-48-45-42-39-36-32-29-26-23-20-17-14-11-8-5-2/h7,9-10,12,15-16,18-19,21,24-25,27-28,31,33-34,37-38,40-41,60H,4-6,8,11,13-14,17,20,22-23,26,29-30,32,35-36,39,42-59H2,1-3H3/b10-7-,12-9-,18-15-,19-16-,24-21-,28-25-,33-31-,34-27-,40-37-,41-38-. The molecule has 0 fully saturated rings. The molecule has 6 heteroatoms. The van der Waals surface area contributed by atoms with Gasteiger partial charge in [0.2, 0.25) is 0 Å². The van der Waals surface area contributed by atoms with Crippen LogP contribution in [0.1, 0.15) is 239 Å². The van der Waals surface area contributed by atoms with Crippen molar-refractivity contribution >= 4 is 17.9 Å². The molecule has 0 spiro atoms. The third-order valence-corrected chi connectivity index (χ3v) is 11.6. The monoisotopic (exact) mass is 955 g/mol. The predicted octanol–water partition coefficient (Wildman–Crippen LogP) is 18.9. The average molecular weight is 956 g/mol. The van der Waals surface area contributed by atoms with Crippen LogP contribution in [0.4, 0.5) is 0 Å². The van der Waals surface area contributed by atoms with E-state index in [2.05, 4.69) is 93.7 Å². The topological polar surface area (TPSA) is 78.9 Å². The van der Waals surface area contributed by atoms with Gasteiger partial charge < -0.3 is 14.2 Å². The van der Waals surface area contributed by atoms with Crippen molar-refractivity contribution in [2.75, 3.05) is 13.2 Å². The molecule has 1 atom stereocenters. The van der Waals surface area contributed by atoms with Gasteiger partial charge >= 0.3 is 17.9 Å². The number of hydrogen-bond acceptors (Lipinski definition) is 6. The van der Waals surface area contributed by atoms with Gasteiger partial charge in [0, 0.05) is 19.3 Å². The van der Waals surface area contributed by atoms with Crippen molar-refractivity contribution in [1.82, 2.24) is 0 Å². The highest BCUT2D eigenvalue weighted by molar-refractivity contribution is 5.71. The van der Waals surface area contributed by atoms with Crippen molar-refractivity contribution < 1.29 is 28.6 Å². The third-order valence-electron chi connectivity index (χ3n) is 11.6. The SMILES string of the molecule is CC\C=C/C=C\C=C/C=C\C=C/CCCCCC(=O)OCC(COC(=O)CCCCC/C=C\C/C=C\C/C=C\C/C=C\C/C=C\CC)OC(=O)CCCCCCCCCCCCCCCCCCC. The number of rotatable bonds is 49. The molecule has 0 saturated carbocycles. The van der Waals surface area contributed by atoms with Gasteiger partial charge in [-0.2, -0.15) is 0 Å². The average Bonchev–Trinajstić information content (AvgIpc) is 3.35. The summed E-state index contributed by atoms with van der Waals surface area (Å²) in [5.41, 5.74) is 0. The maximum absolute atomic E-state index is 12.9. The van der Waals surface area contributed by atoms with Gasteiger partial charge in [-0.25, -0.2) is 0 Å². The van der Waals surface area contributed by atoms with Gasteiger partial charge in [0.15, 0.2) is 6.10 Å². The van der Waals surface area contributed by atoms with Crippen molar-refractivity contribution in [1.29, 1.82) is 0 Å². The molecule has 69 heavy (non-hydrogen) atoms. The van der Waals surface area contributed by atoms with E-state index in [0.29, 0.717) is 19.3 Å². The Kier molecular flexibility index (Phi) is 53.0. The molecule has 6 nitrogen and oxygen atoms in total. The second-order valence-corrected chi connectivity index (χ2v) is 18.2. The molecule has 0 radical (unpaired) electrons. The number of esters is 3. The summed E-state index contributed by atoms with van der Waals surface area (Å²) in [7, 11) is 0. The highest BCUT2D eigenvalue weighted by Gasteiger charge is 2.19. The first-order valence-corrected chi connectivity index (χ1v) is 28.1. The predicted molar refractivity (Wildman–Crippen MR) is 297 cm³/mol. The third kappa shape index (κ3) is 54.6. The van der Waals surface area contributed by atoms with Crippen LogP contribution in [0.15, 0.2) is 122 Å². The molecule has 0 N–H and O–H groups in total. The number of hydrogen-bond donors (Lipinski definition) is 0. The molecular formula is C63H102O6. The van der Waals surface area contributed by atoms with Crippen molar-refractivity contribution in [3.8, 4) is 0 Å². The molecule has 1 unspecified atom stereocenters. The molecule has 0 rings (SSSR count). The van der Waals surface area contributed by atoms with E-state index >= 15 is 0 Å². The Morgan fingerprint density at radius 1 is 0.319 bits per heavy atom. The first-order valence-electron chi connectivity index (χ1n) is 28.1. The van der Waals surface area contributed by atoms with Gasteiger partial charge in [-0.3, -0.25) is 14.4 Å². The molecule has 0 heterocycles. The van der Waals surface area contributed by atoms with Gasteiger partial charge in [-0.05, 0) is 83.5 Å². The fourth-order valence-electron chi connectivity index (χ4n) is 7.43.